The Bertz CT molecular complexity index is 683. The number of hydrogen-bond acceptors (Lipinski definition) is 5. The fourth-order valence-corrected chi connectivity index (χ4v) is 4.63. The van der Waals surface area contributed by atoms with Crippen molar-refractivity contribution in [1.82, 2.24) is 14.8 Å². The first-order chi connectivity index (χ1) is 12.3. The van der Waals surface area contributed by atoms with Crippen molar-refractivity contribution in [2.45, 2.75) is 38.6 Å². The zero-order chi connectivity index (χ0) is 17.1. The summed E-state index contributed by atoms with van der Waals surface area (Å²) in [5.41, 5.74) is 1.09. The molecule has 134 valence electrons. The van der Waals surface area contributed by atoms with Gasteiger partial charge in [0.25, 0.3) is 0 Å². The van der Waals surface area contributed by atoms with Crippen molar-refractivity contribution in [3.8, 4) is 10.8 Å². The highest BCUT2D eigenvalue weighted by Crippen LogP contribution is 2.27. The maximum Gasteiger partial charge on any atom is 0.225 e. The molecule has 0 atom stereocenters. The maximum atomic E-state index is 12.6. The molecule has 0 bridgehead atoms. The molecule has 0 aromatic carbocycles. The van der Waals surface area contributed by atoms with Gasteiger partial charge < -0.3 is 9.32 Å². The van der Waals surface area contributed by atoms with Gasteiger partial charge in [-0.05, 0) is 25.0 Å². The van der Waals surface area contributed by atoms with E-state index in [4.69, 9.17) is 4.42 Å². The Morgan fingerprint density at radius 1 is 1.20 bits per heavy atom. The molecule has 0 unspecified atom stereocenters. The minimum Gasteiger partial charge on any atom is -0.462 e. The van der Waals surface area contributed by atoms with E-state index >= 15 is 0 Å². The average Bonchev–Trinajstić information content (AvgIpc) is 3.34. The molecule has 1 amide bonds. The van der Waals surface area contributed by atoms with Crippen LogP contribution in [-0.4, -0.2) is 46.9 Å². The average molecular weight is 359 g/mol. The molecular weight excluding hydrogens is 334 g/mol. The summed E-state index contributed by atoms with van der Waals surface area (Å²) in [6.07, 6.45) is 7.60. The Morgan fingerprint density at radius 2 is 2.00 bits per heavy atom. The third-order valence-electron chi connectivity index (χ3n) is 5.31. The summed E-state index contributed by atoms with van der Waals surface area (Å²) in [4.78, 5) is 21.8. The van der Waals surface area contributed by atoms with E-state index in [1.807, 2.05) is 12.1 Å². The Kier molecular flexibility index (Phi) is 5.17. The van der Waals surface area contributed by atoms with Gasteiger partial charge in [0.05, 0.1) is 12.0 Å². The van der Waals surface area contributed by atoms with Gasteiger partial charge in [-0.15, -0.1) is 11.3 Å². The minimum absolute atomic E-state index is 0.287. The number of thiazole rings is 1. The molecule has 6 heteroatoms. The van der Waals surface area contributed by atoms with Crippen molar-refractivity contribution < 1.29 is 9.21 Å². The molecule has 1 saturated heterocycles. The lowest BCUT2D eigenvalue weighted by atomic mass is 9.88. The first-order valence-electron chi connectivity index (χ1n) is 9.29. The van der Waals surface area contributed by atoms with E-state index in [0.717, 1.165) is 62.0 Å². The SMILES string of the molecule is O=C(C1CCCCC1)N1CCN(Cc2csc(-c3ccco3)n2)CC1. The van der Waals surface area contributed by atoms with Gasteiger partial charge in [-0.25, -0.2) is 4.98 Å². The van der Waals surface area contributed by atoms with E-state index < -0.39 is 0 Å². The quantitative estimate of drug-likeness (QED) is 0.836. The Balaban J connectivity index is 1.28. The Hall–Kier alpha value is -1.66. The molecule has 2 aliphatic rings. The van der Waals surface area contributed by atoms with Gasteiger partial charge in [-0.1, -0.05) is 19.3 Å². The molecule has 1 aliphatic carbocycles. The molecule has 2 aromatic heterocycles. The van der Waals surface area contributed by atoms with Gasteiger partial charge in [0.15, 0.2) is 10.8 Å². The van der Waals surface area contributed by atoms with E-state index in [-0.39, 0.29) is 5.92 Å². The predicted molar refractivity (Wildman–Crippen MR) is 98.2 cm³/mol. The lowest BCUT2D eigenvalue weighted by Crippen LogP contribution is -2.50. The van der Waals surface area contributed by atoms with E-state index in [1.165, 1.54) is 19.3 Å². The molecular formula is C19H25N3O2S. The van der Waals surface area contributed by atoms with Crippen LogP contribution in [0.1, 0.15) is 37.8 Å². The molecule has 0 radical (unpaired) electrons. The molecule has 1 aliphatic heterocycles. The summed E-state index contributed by atoms with van der Waals surface area (Å²) >= 11 is 1.62. The summed E-state index contributed by atoms with van der Waals surface area (Å²) in [6, 6.07) is 3.83. The Morgan fingerprint density at radius 3 is 2.72 bits per heavy atom. The number of aromatic nitrogens is 1. The lowest BCUT2D eigenvalue weighted by molar-refractivity contribution is -0.138. The zero-order valence-electron chi connectivity index (χ0n) is 14.5. The van der Waals surface area contributed by atoms with Gasteiger partial charge in [0.1, 0.15) is 0 Å². The third-order valence-corrected chi connectivity index (χ3v) is 6.21. The van der Waals surface area contributed by atoms with Gasteiger partial charge in [-0.2, -0.15) is 0 Å². The van der Waals surface area contributed by atoms with Gasteiger partial charge >= 0.3 is 0 Å². The molecule has 2 fully saturated rings. The van der Waals surface area contributed by atoms with E-state index in [9.17, 15) is 4.79 Å². The smallest absolute Gasteiger partial charge is 0.225 e. The molecule has 0 spiro atoms. The number of furan rings is 1. The summed E-state index contributed by atoms with van der Waals surface area (Å²) in [7, 11) is 0. The van der Waals surface area contributed by atoms with Gasteiger partial charge in [0, 0.05) is 44.0 Å². The highest BCUT2D eigenvalue weighted by atomic mass is 32.1. The van der Waals surface area contributed by atoms with Crippen LogP contribution in [0.3, 0.4) is 0 Å². The summed E-state index contributed by atoms with van der Waals surface area (Å²) in [6.45, 7) is 4.43. The second-order valence-electron chi connectivity index (χ2n) is 7.06. The predicted octanol–water partition coefficient (Wildman–Crippen LogP) is 3.63. The number of nitrogens with zero attached hydrogens (tertiary/aromatic N) is 3. The number of hydrogen-bond donors (Lipinski definition) is 0. The van der Waals surface area contributed by atoms with E-state index in [0.29, 0.717) is 5.91 Å². The van der Waals surface area contributed by atoms with Gasteiger partial charge in [0.2, 0.25) is 5.91 Å². The number of carbonyl (C=O) groups is 1. The first kappa shape index (κ1) is 16.8. The van der Waals surface area contributed by atoms with Crippen molar-refractivity contribution >= 4 is 17.2 Å². The molecule has 2 aromatic rings. The fourth-order valence-electron chi connectivity index (χ4n) is 3.86. The highest BCUT2D eigenvalue weighted by Gasteiger charge is 2.28. The summed E-state index contributed by atoms with van der Waals surface area (Å²) in [5.74, 6) is 1.52. The van der Waals surface area contributed by atoms with Crippen molar-refractivity contribution in [2.75, 3.05) is 26.2 Å². The first-order valence-corrected chi connectivity index (χ1v) is 10.2. The normalized spacial score (nSPS) is 20.1. The van der Waals surface area contributed by atoms with Crippen molar-refractivity contribution in [1.29, 1.82) is 0 Å². The maximum absolute atomic E-state index is 12.6. The van der Waals surface area contributed by atoms with Crippen LogP contribution in [0.25, 0.3) is 10.8 Å². The van der Waals surface area contributed by atoms with E-state index in [2.05, 4.69) is 20.2 Å². The minimum atomic E-state index is 0.287. The molecule has 0 N–H and O–H groups in total. The monoisotopic (exact) mass is 359 g/mol. The molecule has 1 saturated carbocycles. The van der Waals surface area contributed by atoms with Crippen LogP contribution in [0.2, 0.25) is 0 Å². The molecule has 4 rings (SSSR count). The third kappa shape index (κ3) is 3.96. The largest absolute Gasteiger partial charge is 0.462 e. The van der Waals surface area contributed by atoms with Gasteiger partial charge in [-0.3, -0.25) is 9.69 Å². The molecule has 25 heavy (non-hydrogen) atoms. The van der Waals surface area contributed by atoms with Crippen LogP contribution < -0.4 is 0 Å². The number of amides is 1. The highest BCUT2D eigenvalue weighted by molar-refractivity contribution is 7.13. The van der Waals surface area contributed by atoms with Crippen LogP contribution in [0.4, 0.5) is 0 Å². The van der Waals surface area contributed by atoms with Crippen molar-refractivity contribution in [3.63, 3.8) is 0 Å². The van der Waals surface area contributed by atoms with Crippen LogP contribution in [-0.2, 0) is 11.3 Å². The number of rotatable bonds is 4. The number of carbonyl (C=O) groups excluding carboxylic acids is 1. The second kappa shape index (κ2) is 7.70. The standard InChI is InChI=1S/C19H25N3O2S/c23-19(15-5-2-1-3-6-15)22-10-8-21(9-11-22)13-16-14-25-18(20-16)17-7-4-12-24-17/h4,7,12,14-15H,1-3,5-6,8-11,13H2. The van der Waals surface area contributed by atoms with Crippen LogP contribution in [0, 0.1) is 5.92 Å². The second-order valence-corrected chi connectivity index (χ2v) is 7.92. The Labute approximate surface area is 152 Å². The number of piperazine rings is 1. The zero-order valence-corrected chi connectivity index (χ0v) is 15.3. The van der Waals surface area contributed by atoms with Crippen molar-refractivity contribution in [3.05, 3.63) is 29.5 Å². The van der Waals surface area contributed by atoms with Crippen LogP contribution >= 0.6 is 11.3 Å². The molecule has 5 nitrogen and oxygen atoms in total. The van der Waals surface area contributed by atoms with E-state index in [1.54, 1.807) is 17.6 Å². The topological polar surface area (TPSA) is 49.6 Å². The summed E-state index contributed by atoms with van der Waals surface area (Å²) in [5, 5.41) is 3.04. The molecule has 3 heterocycles. The van der Waals surface area contributed by atoms with Crippen molar-refractivity contribution in [2.24, 2.45) is 5.92 Å². The fraction of sp³-hybridized carbons (Fsp3) is 0.579. The van der Waals surface area contributed by atoms with Crippen LogP contribution in [0.15, 0.2) is 28.2 Å². The summed E-state index contributed by atoms with van der Waals surface area (Å²) < 4.78 is 5.41. The van der Waals surface area contributed by atoms with Crippen LogP contribution in [0.5, 0.6) is 0 Å². The lowest BCUT2D eigenvalue weighted by Gasteiger charge is -2.36.